The van der Waals surface area contributed by atoms with Crippen molar-refractivity contribution in [2.24, 2.45) is 0 Å². The number of aryl methyl sites for hydroxylation is 1. The van der Waals surface area contributed by atoms with E-state index in [4.69, 9.17) is 23.7 Å². The van der Waals surface area contributed by atoms with E-state index in [9.17, 15) is 9.59 Å². The largest absolute Gasteiger partial charge is 0.467 e. The minimum Gasteiger partial charge on any atom is -0.467 e. The molecule has 0 bridgehead atoms. The molecule has 4 rings (SSSR count). The second kappa shape index (κ2) is 11.0. The first-order valence-electron chi connectivity index (χ1n) is 10.6. The van der Waals surface area contributed by atoms with Gasteiger partial charge >= 0.3 is 42.0 Å². The van der Waals surface area contributed by atoms with Gasteiger partial charge in [0.1, 0.15) is 5.82 Å². The van der Waals surface area contributed by atoms with Crippen LogP contribution in [0.1, 0.15) is 26.5 Å². The summed E-state index contributed by atoms with van der Waals surface area (Å²) in [6.07, 6.45) is 0. The van der Waals surface area contributed by atoms with Crippen LogP contribution in [0.4, 0.5) is 0 Å². The van der Waals surface area contributed by atoms with E-state index in [0.717, 1.165) is 11.1 Å². The van der Waals surface area contributed by atoms with Gasteiger partial charge in [-0.2, -0.15) is 9.97 Å². The minimum atomic E-state index is -0.676. The molecule has 0 fully saturated rings. The summed E-state index contributed by atoms with van der Waals surface area (Å²) in [6.45, 7) is 1.63. The first-order chi connectivity index (χ1) is 17.9. The van der Waals surface area contributed by atoms with E-state index in [1.54, 1.807) is 55.5 Å². The number of aromatic nitrogens is 6. The van der Waals surface area contributed by atoms with Crippen molar-refractivity contribution in [2.75, 3.05) is 21.3 Å². The van der Waals surface area contributed by atoms with Crippen LogP contribution in [0.25, 0.3) is 11.1 Å². The number of esters is 2. The van der Waals surface area contributed by atoms with E-state index < -0.39 is 11.9 Å². The molecule has 4 aromatic rings. The summed E-state index contributed by atoms with van der Waals surface area (Å²) >= 11 is 0. The summed E-state index contributed by atoms with van der Waals surface area (Å²) in [6, 6.07) is 12.9. The van der Waals surface area contributed by atoms with Crippen LogP contribution in [0, 0.1) is 6.92 Å². The number of carbonyl (C=O) groups is 2. The molecule has 0 aliphatic rings. The number of carbonyl (C=O) groups excluding carboxylic acids is 2. The fraction of sp³-hybridized carbons (Fsp3) is 0.167. The molecule has 0 aliphatic carbocycles. The Hall–Kier alpha value is -5.20. The Balaban J connectivity index is 1.43. The van der Waals surface area contributed by atoms with E-state index in [1.807, 2.05) is 0 Å². The van der Waals surface area contributed by atoms with Crippen molar-refractivity contribution < 1.29 is 33.3 Å². The second-order valence-electron chi connectivity index (χ2n) is 7.18. The molecule has 0 spiro atoms. The third-order valence-electron chi connectivity index (χ3n) is 4.77. The molecule has 0 unspecified atom stereocenters. The molecule has 2 aromatic heterocycles. The van der Waals surface area contributed by atoms with Crippen molar-refractivity contribution in [2.45, 2.75) is 6.92 Å². The molecule has 37 heavy (non-hydrogen) atoms. The fourth-order valence-electron chi connectivity index (χ4n) is 3.00. The average Bonchev–Trinajstić information content (AvgIpc) is 2.92. The summed E-state index contributed by atoms with van der Waals surface area (Å²) < 4.78 is 25.3. The van der Waals surface area contributed by atoms with E-state index in [1.165, 1.54) is 21.3 Å². The first kappa shape index (κ1) is 24.9. The van der Waals surface area contributed by atoms with Gasteiger partial charge in [-0.25, -0.2) is 9.59 Å². The van der Waals surface area contributed by atoms with Crippen LogP contribution in [0.15, 0.2) is 48.5 Å². The Morgan fingerprint density at radius 3 is 1.24 bits per heavy atom. The lowest BCUT2D eigenvalue weighted by atomic mass is 10.0. The van der Waals surface area contributed by atoms with E-state index in [0.29, 0.717) is 11.4 Å². The van der Waals surface area contributed by atoms with Crippen molar-refractivity contribution >= 4 is 11.9 Å². The highest BCUT2D eigenvalue weighted by Gasteiger charge is 2.16. The third-order valence-corrected chi connectivity index (χ3v) is 4.77. The maximum absolute atomic E-state index is 12.5. The molecular formula is C24H20N6O7. The molecule has 0 atom stereocenters. The van der Waals surface area contributed by atoms with Crippen LogP contribution in [-0.2, 0) is 0 Å². The molecule has 2 aromatic carbocycles. The van der Waals surface area contributed by atoms with Crippen molar-refractivity contribution in [3.8, 4) is 41.2 Å². The zero-order valence-corrected chi connectivity index (χ0v) is 20.2. The Bertz CT molecular complexity index is 1410. The standard InChI is InChI=1S/C24H20N6O7/c1-13-25-20(33-2)28-23(26-13)36-18(31)16-9-5-14(6-10-16)15-7-11-17(12-8-15)19(32)37-24-29-21(34-3)27-22(30-24)35-4/h5-12H,1-4H3. The van der Waals surface area contributed by atoms with Crippen LogP contribution in [0.3, 0.4) is 0 Å². The highest BCUT2D eigenvalue weighted by atomic mass is 16.6. The average molecular weight is 504 g/mol. The molecule has 0 radical (unpaired) electrons. The molecular weight excluding hydrogens is 484 g/mol. The number of ether oxygens (including phenoxy) is 5. The molecule has 2 heterocycles. The van der Waals surface area contributed by atoms with Gasteiger partial charge in [0.15, 0.2) is 0 Å². The maximum Gasteiger partial charge on any atom is 0.345 e. The summed E-state index contributed by atoms with van der Waals surface area (Å²) in [5.74, 6) is -0.959. The number of hydrogen-bond acceptors (Lipinski definition) is 13. The number of rotatable bonds is 8. The van der Waals surface area contributed by atoms with Crippen molar-refractivity contribution in [3.63, 3.8) is 0 Å². The van der Waals surface area contributed by atoms with Gasteiger partial charge in [0.2, 0.25) is 0 Å². The maximum atomic E-state index is 12.5. The lowest BCUT2D eigenvalue weighted by Gasteiger charge is -2.07. The molecule has 188 valence electrons. The molecule has 0 aliphatic heterocycles. The lowest BCUT2D eigenvalue weighted by molar-refractivity contribution is 0.0706. The summed E-state index contributed by atoms with van der Waals surface area (Å²) in [5.41, 5.74) is 2.17. The van der Waals surface area contributed by atoms with Gasteiger partial charge in [-0.3, -0.25) is 0 Å². The van der Waals surface area contributed by atoms with Gasteiger partial charge in [0, 0.05) is 0 Å². The Labute approximate surface area is 210 Å². The van der Waals surface area contributed by atoms with Crippen LogP contribution < -0.4 is 23.7 Å². The summed E-state index contributed by atoms with van der Waals surface area (Å²) in [7, 11) is 4.13. The predicted octanol–water partition coefficient (Wildman–Crippen LogP) is 2.50. The van der Waals surface area contributed by atoms with E-state index in [2.05, 4.69) is 29.9 Å². The van der Waals surface area contributed by atoms with Crippen molar-refractivity contribution in [1.29, 1.82) is 0 Å². The van der Waals surface area contributed by atoms with Gasteiger partial charge in [-0.15, -0.1) is 19.9 Å². The van der Waals surface area contributed by atoms with E-state index >= 15 is 0 Å². The normalized spacial score (nSPS) is 10.4. The lowest BCUT2D eigenvalue weighted by Crippen LogP contribution is -2.12. The quantitative estimate of drug-likeness (QED) is 0.323. The topological polar surface area (TPSA) is 158 Å². The van der Waals surface area contributed by atoms with Gasteiger partial charge in [-0.1, -0.05) is 24.3 Å². The van der Waals surface area contributed by atoms with Crippen LogP contribution >= 0.6 is 0 Å². The monoisotopic (exact) mass is 504 g/mol. The highest BCUT2D eigenvalue weighted by Crippen LogP contribution is 2.22. The van der Waals surface area contributed by atoms with Gasteiger partial charge in [0.05, 0.1) is 32.5 Å². The SMILES string of the molecule is COc1nc(C)nc(OC(=O)c2ccc(-c3ccc(C(=O)Oc4nc(OC)nc(OC)n4)cc3)cc2)n1. The zero-order valence-electron chi connectivity index (χ0n) is 20.2. The zero-order chi connectivity index (χ0) is 26.4. The number of benzene rings is 2. The van der Waals surface area contributed by atoms with Crippen LogP contribution in [-0.4, -0.2) is 63.2 Å². The molecule has 0 saturated heterocycles. The number of hydrogen-bond donors (Lipinski definition) is 0. The number of methoxy groups -OCH3 is 3. The molecule has 0 saturated carbocycles. The van der Waals surface area contributed by atoms with Gasteiger partial charge in [0.25, 0.3) is 0 Å². The second-order valence-corrected chi connectivity index (χ2v) is 7.18. The summed E-state index contributed by atoms with van der Waals surface area (Å²) in [5, 5.41) is 0. The third kappa shape index (κ3) is 6.08. The Kier molecular flexibility index (Phi) is 7.42. The summed E-state index contributed by atoms with van der Waals surface area (Å²) in [4.78, 5) is 48.4. The Morgan fingerprint density at radius 2 is 0.838 bits per heavy atom. The molecule has 13 heteroatoms. The van der Waals surface area contributed by atoms with Crippen LogP contribution in [0.5, 0.6) is 30.1 Å². The highest BCUT2D eigenvalue weighted by molar-refractivity contribution is 5.92. The fourth-order valence-corrected chi connectivity index (χ4v) is 3.00. The van der Waals surface area contributed by atoms with Crippen molar-refractivity contribution in [1.82, 2.24) is 29.9 Å². The van der Waals surface area contributed by atoms with Gasteiger partial charge < -0.3 is 23.7 Å². The van der Waals surface area contributed by atoms with Crippen molar-refractivity contribution in [3.05, 3.63) is 65.5 Å². The van der Waals surface area contributed by atoms with E-state index in [-0.39, 0.29) is 35.6 Å². The Morgan fingerprint density at radius 1 is 0.514 bits per heavy atom. The number of nitrogens with zero attached hydrogens (tertiary/aromatic N) is 6. The molecule has 0 amide bonds. The smallest absolute Gasteiger partial charge is 0.345 e. The first-order valence-corrected chi connectivity index (χ1v) is 10.6. The molecule has 13 nitrogen and oxygen atoms in total. The predicted molar refractivity (Wildman–Crippen MR) is 126 cm³/mol. The molecule has 0 N–H and O–H groups in total. The van der Waals surface area contributed by atoms with Crippen LogP contribution in [0.2, 0.25) is 0 Å². The van der Waals surface area contributed by atoms with Gasteiger partial charge in [-0.05, 0) is 42.3 Å². The minimum absolute atomic E-state index is 0.0470.